The van der Waals surface area contributed by atoms with E-state index in [2.05, 4.69) is 5.32 Å². The van der Waals surface area contributed by atoms with Crippen LogP contribution in [-0.4, -0.2) is 31.7 Å². The van der Waals surface area contributed by atoms with Crippen molar-refractivity contribution in [3.63, 3.8) is 0 Å². The number of sulfonamides is 1. The topological polar surface area (TPSA) is 79.6 Å². The first-order chi connectivity index (χ1) is 15.1. The summed E-state index contributed by atoms with van der Waals surface area (Å²) in [5.74, 6) is -0.816. The first kappa shape index (κ1) is 22.3. The third-order valence-corrected chi connectivity index (χ3v) is 7.41. The molecule has 2 heterocycles. The summed E-state index contributed by atoms with van der Waals surface area (Å²) < 4.78 is 71.7. The van der Waals surface area contributed by atoms with Crippen molar-refractivity contribution < 1.29 is 30.8 Å². The van der Waals surface area contributed by atoms with Crippen molar-refractivity contribution in [2.45, 2.75) is 37.3 Å². The predicted octanol–water partition coefficient (Wildman–Crippen LogP) is 5.19. The van der Waals surface area contributed by atoms with E-state index in [1.54, 1.807) is 6.92 Å². The number of piperidine rings is 1. The molecule has 1 fully saturated rings. The summed E-state index contributed by atoms with van der Waals surface area (Å²) >= 11 is 0. The Balaban J connectivity index is 1.63. The minimum atomic E-state index is -4.54. The van der Waals surface area contributed by atoms with Gasteiger partial charge in [0, 0.05) is 29.7 Å². The van der Waals surface area contributed by atoms with Gasteiger partial charge in [0.15, 0.2) is 5.76 Å². The molecule has 1 saturated heterocycles. The number of aryl methyl sites for hydroxylation is 1. The smallest absolute Gasteiger partial charge is 0.416 e. The van der Waals surface area contributed by atoms with E-state index in [0.717, 1.165) is 31.4 Å². The average Bonchev–Trinajstić information content (AvgIpc) is 3.10. The summed E-state index contributed by atoms with van der Waals surface area (Å²) in [6.45, 7) is 2.54. The van der Waals surface area contributed by atoms with Crippen molar-refractivity contribution in [1.82, 2.24) is 4.31 Å². The van der Waals surface area contributed by atoms with Crippen LogP contribution in [0.5, 0.6) is 0 Å². The second-order valence-electron chi connectivity index (χ2n) is 7.71. The highest BCUT2D eigenvalue weighted by Crippen LogP contribution is 2.32. The van der Waals surface area contributed by atoms with Gasteiger partial charge in [0.1, 0.15) is 5.58 Å². The molecule has 1 amide bonds. The van der Waals surface area contributed by atoms with Gasteiger partial charge in [-0.05, 0) is 56.2 Å². The van der Waals surface area contributed by atoms with Gasteiger partial charge in [-0.1, -0.05) is 12.5 Å². The first-order valence-electron chi connectivity index (χ1n) is 10.1. The van der Waals surface area contributed by atoms with E-state index in [-0.39, 0.29) is 16.3 Å². The molecule has 0 bridgehead atoms. The number of carbonyl (C=O) groups excluding carboxylic acids is 1. The molecule has 1 N–H and O–H groups in total. The Kier molecular flexibility index (Phi) is 5.76. The van der Waals surface area contributed by atoms with Crippen LogP contribution < -0.4 is 5.32 Å². The third-order valence-electron chi connectivity index (χ3n) is 5.51. The van der Waals surface area contributed by atoms with E-state index < -0.39 is 27.7 Å². The van der Waals surface area contributed by atoms with Crippen molar-refractivity contribution in [1.29, 1.82) is 0 Å². The molecule has 4 rings (SSSR count). The Labute approximate surface area is 183 Å². The number of rotatable bonds is 4. The van der Waals surface area contributed by atoms with Gasteiger partial charge in [-0.2, -0.15) is 17.5 Å². The maximum atomic E-state index is 13.0. The fourth-order valence-corrected chi connectivity index (χ4v) is 5.34. The zero-order valence-electron chi connectivity index (χ0n) is 17.2. The standard InChI is InChI=1S/C22H21F3N2O4S/c1-14-18-13-17(32(29,30)27-10-3-2-4-11-27)8-9-19(18)31-20(14)21(28)26-16-7-5-6-15(12-16)22(23,24)25/h5-9,12-13H,2-4,10-11H2,1H3,(H,26,28). The van der Waals surface area contributed by atoms with Crippen LogP contribution >= 0.6 is 0 Å². The fraction of sp³-hybridized carbons (Fsp3) is 0.318. The van der Waals surface area contributed by atoms with Crippen LogP contribution in [0.2, 0.25) is 0 Å². The molecule has 1 aliphatic heterocycles. The van der Waals surface area contributed by atoms with Crippen LogP contribution in [0.15, 0.2) is 51.8 Å². The van der Waals surface area contributed by atoms with Crippen LogP contribution in [-0.2, 0) is 16.2 Å². The molecule has 0 unspecified atom stereocenters. The molecule has 1 aromatic heterocycles. The van der Waals surface area contributed by atoms with Gasteiger partial charge in [-0.15, -0.1) is 0 Å². The van der Waals surface area contributed by atoms with Crippen LogP contribution in [0.3, 0.4) is 0 Å². The van der Waals surface area contributed by atoms with E-state index in [1.807, 2.05) is 0 Å². The number of fused-ring (bicyclic) bond motifs is 1. The number of carbonyl (C=O) groups is 1. The number of hydrogen-bond donors (Lipinski definition) is 1. The third kappa shape index (κ3) is 4.24. The predicted molar refractivity (Wildman–Crippen MR) is 113 cm³/mol. The Morgan fingerprint density at radius 2 is 1.78 bits per heavy atom. The van der Waals surface area contributed by atoms with Gasteiger partial charge in [0.05, 0.1) is 10.5 Å². The molecule has 10 heteroatoms. The van der Waals surface area contributed by atoms with E-state index >= 15 is 0 Å². The van der Waals surface area contributed by atoms with Crippen molar-refractivity contribution in [3.05, 3.63) is 59.4 Å². The number of hydrogen-bond acceptors (Lipinski definition) is 4. The highest BCUT2D eigenvalue weighted by atomic mass is 32.2. The van der Waals surface area contributed by atoms with Gasteiger partial charge in [0.25, 0.3) is 5.91 Å². The molecule has 6 nitrogen and oxygen atoms in total. The molecule has 3 aromatic rings. The van der Waals surface area contributed by atoms with Crippen LogP contribution in [0.4, 0.5) is 18.9 Å². The van der Waals surface area contributed by atoms with E-state index in [0.29, 0.717) is 29.6 Å². The van der Waals surface area contributed by atoms with Crippen LogP contribution in [0, 0.1) is 6.92 Å². The summed E-state index contributed by atoms with van der Waals surface area (Å²) in [4.78, 5) is 12.8. The molecule has 32 heavy (non-hydrogen) atoms. The van der Waals surface area contributed by atoms with Crippen molar-refractivity contribution >= 4 is 32.6 Å². The molecule has 0 saturated carbocycles. The lowest BCUT2D eigenvalue weighted by Gasteiger charge is -2.25. The molecule has 0 aliphatic carbocycles. The second kappa shape index (κ2) is 8.25. The van der Waals surface area contributed by atoms with Crippen LogP contribution in [0.1, 0.15) is 40.9 Å². The van der Waals surface area contributed by atoms with Crippen molar-refractivity contribution in [3.8, 4) is 0 Å². The lowest BCUT2D eigenvalue weighted by Crippen LogP contribution is -2.35. The maximum absolute atomic E-state index is 13.0. The molecule has 0 radical (unpaired) electrons. The molecule has 1 aliphatic rings. The maximum Gasteiger partial charge on any atom is 0.416 e. The normalized spacial score (nSPS) is 15.8. The summed E-state index contributed by atoms with van der Waals surface area (Å²) in [6, 6.07) is 8.67. The van der Waals surface area contributed by atoms with E-state index in [1.165, 1.54) is 34.6 Å². The van der Waals surface area contributed by atoms with Crippen molar-refractivity contribution in [2.24, 2.45) is 0 Å². The number of anilines is 1. The molecular weight excluding hydrogens is 445 g/mol. The van der Waals surface area contributed by atoms with Gasteiger partial charge in [-0.3, -0.25) is 4.79 Å². The number of amides is 1. The lowest BCUT2D eigenvalue weighted by molar-refractivity contribution is -0.137. The Bertz CT molecular complexity index is 1280. The zero-order chi connectivity index (χ0) is 23.1. The summed E-state index contributed by atoms with van der Waals surface area (Å²) in [5.41, 5.74) is -0.198. The van der Waals surface area contributed by atoms with Gasteiger partial charge >= 0.3 is 6.18 Å². The minimum Gasteiger partial charge on any atom is -0.451 e. The Morgan fingerprint density at radius 1 is 1.06 bits per heavy atom. The number of alkyl halides is 3. The number of nitrogens with one attached hydrogen (secondary N) is 1. The zero-order valence-corrected chi connectivity index (χ0v) is 18.0. The first-order valence-corrected chi connectivity index (χ1v) is 11.5. The number of furan rings is 1. The summed E-state index contributed by atoms with van der Waals surface area (Å²) in [6.07, 6.45) is -1.92. The lowest BCUT2D eigenvalue weighted by atomic mass is 10.1. The SMILES string of the molecule is Cc1c(C(=O)Nc2cccc(C(F)(F)F)c2)oc2ccc(S(=O)(=O)N3CCCCC3)cc12. The second-order valence-corrected chi connectivity index (χ2v) is 9.65. The molecule has 170 valence electrons. The number of halogens is 3. The van der Waals surface area contributed by atoms with Gasteiger partial charge < -0.3 is 9.73 Å². The molecule has 2 aromatic carbocycles. The summed E-state index contributed by atoms with van der Waals surface area (Å²) in [5, 5.41) is 2.87. The minimum absolute atomic E-state index is 0.0296. The largest absolute Gasteiger partial charge is 0.451 e. The number of benzene rings is 2. The Morgan fingerprint density at radius 3 is 2.47 bits per heavy atom. The fourth-order valence-electron chi connectivity index (χ4n) is 3.79. The molecule has 0 spiro atoms. The average molecular weight is 466 g/mol. The van der Waals surface area contributed by atoms with E-state index in [9.17, 15) is 26.4 Å². The summed E-state index contributed by atoms with van der Waals surface area (Å²) in [7, 11) is -3.66. The quantitative estimate of drug-likeness (QED) is 0.574. The molecular formula is C22H21F3N2O4S. The highest BCUT2D eigenvalue weighted by molar-refractivity contribution is 7.89. The molecule has 0 atom stereocenters. The number of nitrogens with zero attached hydrogens (tertiary/aromatic N) is 1. The monoisotopic (exact) mass is 466 g/mol. The van der Waals surface area contributed by atoms with Crippen LogP contribution in [0.25, 0.3) is 11.0 Å². The highest BCUT2D eigenvalue weighted by Gasteiger charge is 2.31. The van der Waals surface area contributed by atoms with Gasteiger partial charge in [0.2, 0.25) is 10.0 Å². The van der Waals surface area contributed by atoms with Crippen molar-refractivity contribution in [2.75, 3.05) is 18.4 Å². The van der Waals surface area contributed by atoms with E-state index in [4.69, 9.17) is 4.42 Å². The Hall–Kier alpha value is -2.85. The van der Waals surface area contributed by atoms with Gasteiger partial charge in [-0.25, -0.2) is 8.42 Å².